The molecule has 0 aromatic rings. The van der Waals surface area contributed by atoms with Crippen LogP contribution in [0.25, 0.3) is 0 Å². The summed E-state index contributed by atoms with van der Waals surface area (Å²) in [5.74, 6) is -0.752. The Morgan fingerprint density at radius 1 is 0.786 bits per heavy atom. The minimum absolute atomic E-state index is 0.0544. The standard InChI is InChI=1S/C36H50O6/c1-18(2)21-11-12-25-30(28-22(19(3)4)9-10-23(21)28)42-33(39)36(25,40)17-34(7)15-14-26(37)35(8)16-13-24-27(20(5)6)32(38)41-29(24)31(34)35/h23-25,28-31,40H,9-17H2,1-8H3/t23-,24-,25+,28-,29-,30-,31-,34-,35-,36+/m0/s1. The quantitative estimate of drug-likeness (QED) is 0.220. The number of rotatable bonds is 2. The van der Waals surface area contributed by atoms with Crippen LogP contribution in [0.2, 0.25) is 0 Å². The summed E-state index contributed by atoms with van der Waals surface area (Å²) < 4.78 is 12.4. The van der Waals surface area contributed by atoms with E-state index in [4.69, 9.17) is 9.47 Å². The van der Waals surface area contributed by atoms with E-state index in [1.54, 1.807) is 0 Å². The van der Waals surface area contributed by atoms with Crippen molar-refractivity contribution in [1.29, 1.82) is 0 Å². The molecule has 10 atom stereocenters. The maximum absolute atomic E-state index is 13.9. The highest BCUT2D eigenvalue weighted by atomic mass is 16.6. The molecule has 4 saturated carbocycles. The van der Waals surface area contributed by atoms with E-state index >= 15 is 0 Å². The monoisotopic (exact) mass is 578 g/mol. The van der Waals surface area contributed by atoms with E-state index in [1.807, 2.05) is 20.8 Å². The van der Waals surface area contributed by atoms with E-state index in [9.17, 15) is 19.5 Å². The lowest BCUT2D eigenvalue weighted by Gasteiger charge is -2.57. The number of ketones is 1. The number of carbonyl (C=O) groups excluding carboxylic acids is 3. The van der Waals surface area contributed by atoms with E-state index in [0.717, 1.165) is 36.8 Å². The SMILES string of the molecule is CC(C)=C1CC[C@H]2C(=C(C)C)CC[C@@H]3[C@H](OC(=O)[C@@]3(O)C[C@]3(C)CCC(=O)[C@]4(C)CC[C@H]5C(=C(C)C)C(=O)O[C@@H]5[C@@H]34)[C@@H]12. The zero-order valence-corrected chi connectivity index (χ0v) is 26.9. The van der Waals surface area contributed by atoms with Crippen LogP contribution in [-0.2, 0) is 23.9 Å². The van der Waals surface area contributed by atoms with Gasteiger partial charge in [0.2, 0.25) is 0 Å². The van der Waals surface area contributed by atoms with Crippen LogP contribution < -0.4 is 0 Å². The van der Waals surface area contributed by atoms with E-state index < -0.39 is 28.5 Å². The molecule has 6 aliphatic rings. The molecule has 2 heterocycles. The molecule has 0 unspecified atom stereocenters. The van der Waals surface area contributed by atoms with Crippen LogP contribution >= 0.6 is 0 Å². The van der Waals surface area contributed by atoms with Crippen molar-refractivity contribution >= 4 is 17.7 Å². The molecule has 6 heteroatoms. The number of Topliss-reactive ketones (excluding diaryl/α,β-unsaturated/α-hetero) is 1. The average molecular weight is 579 g/mol. The van der Waals surface area contributed by atoms with Crippen LogP contribution in [0, 0.1) is 40.4 Å². The van der Waals surface area contributed by atoms with Gasteiger partial charge in [0.1, 0.15) is 18.0 Å². The van der Waals surface area contributed by atoms with E-state index in [0.29, 0.717) is 31.6 Å². The van der Waals surface area contributed by atoms with Crippen molar-refractivity contribution in [3.05, 3.63) is 33.4 Å². The number of carbonyl (C=O) groups is 3. The fourth-order valence-corrected chi connectivity index (χ4v) is 11.0. The molecule has 0 aromatic heterocycles. The van der Waals surface area contributed by atoms with Gasteiger partial charge in [-0.3, -0.25) is 4.79 Å². The predicted octanol–water partition coefficient (Wildman–Crippen LogP) is 6.81. The number of esters is 2. The summed E-state index contributed by atoms with van der Waals surface area (Å²) in [7, 11) is 0. The van der Waals surface area contributed by atoms with Crippen molar-refractivity contribution in [2.45, 2.75) is 131 Å². The molecule has 0 radical (unpaired) electrons. The summed E-state index contributed by atoms with van der Waals surface area (Å²) in [6.07, 6.45) is 5.50. The topological polar surface area (TPSA) is 89.9 Å². The largest absolute Gasteiger partial charge is 0.459 e. The molecule has 6 nitrogen and oxygen atoms in total. The van der Waals surface area contributed by atoms with Crippen LogP contribution in [0.5, 0.6) is 0 Å². The van der Waals surface area contributed by atoms with Crippen LogP contribution in [0.4, 0.5) is 0 Å². The maximum atomic E-state index is 13.9. The Morgan fingerprint density at radius 2 is 1.45 bits per heavy atom. The number of fused-ring (bicyclic) bond motifs is 6. The Morgan fingerprint density at radius 3 is 2.10 bits per heavy atom. The average Bonchev–Trinajstić information content (AvgIpc) is 3.50. The molecule has 4 aliphatic carbocycles. The van der Waals surface area contributed by atoms with Crippen LogP contribution in [-0.4, -0.2) is 40.6 Å². The maximum Gasteiger partial charge on any atom is 0.338 e. The first kappa shape index (κ1) is 29.8. The molecule has 0 spiro atoms. The third kappa shape index (κ3) is 4.09. The number of hydrogen-bond donors (Lipinski definition) is 1. The molecule has 0 aromatic carbocycles. The van der Waals surface area contributed by atoms with Crippen molar-refractivity contribution in [3.8, 4) is 0 Å². The molecule has 6 fully saturated rings. The van der Waals surface area contributed by atoms with Crippen molar-refractivity contribution < 1.29 is 29.0 Å². The Bertz CT molecular complexity index is 1320. The van der Waals surface area contributed by atoms with Gasteiger partial charge >= 0.3 is 11.9 Å². The second-order valence-electron chi connectivity index (χ2n) is 15.7. The Balaban J connectivity index is 1.41. The number of ether oxygens (including phenoxy) is 2. The summed E-state index contributed by atoms with van der Waals surface area (Å²) in [4.78, 5) is 40.6. The van der Waals surface area contributed by atoms with E-state index in [-0.39, 0.29) is 47.9 Å². The summed E-state index contributed by atoms with van der Waals surface area (Å²) in [6, 6.07) is 0. The fourth-order valence-electron chi connectivity index (χ4n) is 11.0. The lowest BCUT2D eigenvalue weighted by molar-refractivity contribution is -0.183. The van der Waals surface area contributed by atoms with Gasteiger partial charge < -0.3 is 14.6 Å². The van der Waals surface area contributed by atoms with E-state index in [2.05, 4.69) is 34.6 Å². The molecule has 0 amide bonds. The summed E-state index contributed by atoms with van der Waals surface area (Å²) in [6.45, 7) is 16.8. The Labute approximate surface area is 251 Å². The highest BCUT2D eigenvalue weighted by Gasteiger charge is 2.68. The first-order chi connectivity index (χ1) is 19.6. The van der Waals surface area contributed by atoms with Crippen molar-refractivity contribution in [3.63, 3.8) is 0 Å². The normalized spacial score (nSPS) is 44.5. The zero-order chi connectivity index (χ0) is 30.5. The first-order valence-corrected chi connectivity index (χ1v) is 16.3. The van der Waals surface area contributed by atoms with Crippen LogP contribution in [0.1, 0.15) is 113 Å². The first-order valence-electron chi connectivity index (χ1n) is 16.3. The zero-order valence-electron chi connectivity index (χ0n) is 26.9. The highest BCUT2D eigenvalue weighted by molar-refractivity contribution is 5.93. The van der Waals surface area contributed by atoms with Gasteiger partial charge in [0.25, 0.3) is 0 Å². The predicted molar refractivity (Wildman–Crippen MR) is 160 cm³/mol. The summed E-state index contributed by atoms with van der Waals surface area (Å²) in [5, 5.41) is 12.6. The molecular weight excluding hydrogens is 528 g/mol. The molecule has 1 N–H and O–H groups in total. The summed E-state index contributed by atoms with van der Waals surface area (Å²) in [5.41, 5.74) is 4.33. The molecule has 2 aliphatic heterocycles. The number of allylic oxidation sites excluding steroid dienone is 4. The minimum Gasteiger partial charge on any atom is -0.459 e. The number of hydrogen-bond acceptors (Lipinski definition) is 6. The van der Waals surface area contributed by atoms with E-state index in [1.165, 1.54) is 22.3 Å². The molecular formula is C36H50O6. The fraction of sp³-hybridized carbons (Fsp3) is 0.750. The Kier molecular flexibility index (Phi) is 7.04. The molecule has 2 saturated heterocycles. The molecule has 6 rings (SSSR count). The van der Waals surface area contributed by atoms with Crippen molar-refractivity contribution in [1.82, 2.24) is 0 Å². The van der Waals surface area contributed by atoms with Gasteiger partial charge in [-0.1, -0.05) is 41.7 Å². The Hall–Kier alpha value is -2.21. The van der Waals surface area contributed by atoms with Gasteiger partial charge in [0.15, 0.2) is 5.60 Å². The second kappa shape index (κ2) is 9.90. The highest BCUT2D eigenvalue weighted by Crippen LogP contribution is 2.64. The second-order valence-corrected chi connectivity index (χ2v) is 15.7. The molecule has 42 heavy (non-hydrogen) atoms. The minimum atomic E-state index is -1.65. The van der Waals surface area contributed by atoms with Gasteiger partial charge in [-0.15, -0.1) is 0 Å². The van der Waals surface area contributed by atoms with Gasteiger partial charge in [0.05, 0.1) is 0 Å². The lowest BCUT2D eigenvalue weighted by atomic mass is 9.46. The molecule has 230 valence electrons. The smallest absolute Gasteiger partial charge is 0.338 e. The van der Waals surface area contributed by atoms with Crippen LogP contribution in [0.15, 0.2) is 33.4 Å². The van der Waals surface area contributed by atoms with Gasteiger partial charge in [-0.05, 0) is 104 Å². The molecule has 0 bridgehead atoms. The van der Waals surface area contributed by atoms with Crippen molar-refractivity contribution in [2.75, 3.05) is 0 Å². The number of aliphatic hydroxyl groups is 1. The van der Waals surface area contributed by atoms with Gasteiger partial charge in [-0.25, -0.2) is 9.59 Å². The third-order valence-electron chi connectivity index (χ3n) is 12.7. The third-order valence-corrected chi connectivity index (χ3v) is 12.7. The van der Waals surface area contributed by atoms with Crippen molar-refractivity contribution in [2.24, 2.45) is 40.4 Å². The summed E-state index contributed by atoms with van der Waals surface area (Å²) >= 11 is 0. The van der Waals surface area contributed by atoms with Gasteiger partial charge in [0, 0.05) is 41.1 Å². The van der Waals surface area contributed by atoms with Gasteiger partial charge in [-0.2, -0.15) is 0 Å². The van der Waals surface area contributed by atoms with Crippen LogP contribution in [0.3, 0.4) is 0 Å². The lowest BCUT2D eigenvalue weighted by Crippen LogP contribution is -2.60.